The first-order valence-corrected chi connectivity index (χ1v) is 15.3. The average Bonchev–Trinajstić information content (AvgIpc) is 2.86. The van der Waals surface area contributed by atoms with Gasteiger partial charge in [0, 0.05) is 6.08 Å². The molecule has 0 saturated heterocycles. The minimum atomic E-state index is -4.28. The molecule has 0 heterocycles. The molecular formula is C30H51NO7P+. The van der Waals surface area contributed by atoms with E-state index in [-0.39, 0.29) is 13.2 Å². The lowest BCUT2D eigenvalue weighted by Gasteiger charge is -2.24. The molecule has 0 saturated carbocycles. The maximum absolute atomic E-state index is 11.8. The van der Waals surface area contributed by atoms with Crippen molar-refractivity contribution in [3.63, 3.8) is 0 Å². The van der Waals surface area contributed by atoms with Gasteiger partial charge in [0.05, 0.1) is 27.7 Å². The third-order valence-corrected chi connectivity index (χ3v) is 6.19. The Labute approximate surface area is 236 Å². The lowest BCUT2D eigenvalue weighted by Crippen LogP contribution is -2.37. The van der Waals surface area contributed by atoms with Gasteiger partial charge >= 0.3 is 13.8 Å². The number of likely N-dealkylation sites (N-methyl/N-ethyl adjacent to an activating group) is 1. The molecule has 0 aromatic rings. The zero-order chi connectivity index (χ0) is 29.2. The Kier molecular flexibility index (Phi) is 22.5. The Hall–Kier alpha value is -2.06. The molecule has 0 aliphatic heterocycles. The summed E-state index contributed by atoms with van der Waals surface area (Å²) in [5.41, 5.74) is 0. The molecule has 2 unspecified atom stereocenters. The highest BCUT2D eigenvalue weighted by molar-refractivity contribution is 7.47. The molecule has 0 amide bonds. The Morgan fingerprint density at radius 3 is 1.92 bits per heavy atom. The van der Waals surface area contributed by atoms with Crippen LogP contribution in [0.4, 0.5) is 0 Å². The monoisotopic (exact) mass is 568 g/mol. The van der Waals surface area contributed by atoms with Gasteiger partial charge in [-0.1, -0.05) is 112 Å². The molecule has 222 valence electrons. The van der Waals surface area contributed by atoms with Gasteiger partial charge in [-0.3, -0.25) is 9.05 Å². The summed E-state index contributed by atoms with van der Waals surface area (Å²) in [5.74, 6) is -0.654. The number of aliphatic hydroxyl groups is 1. The van der Waals surface area contributed by atoms with Crippen LogP contribution in [0.25, 0.3) is 0 Å². The van der Waals surface area contributed by atoms with Crippen molar-refractivity contribution < 1.29 is 37.6 Å². The molecule has 0 radical (unpaired) electrons. The summed E-state index contributed by atoms with van der Waals surface area (Å²) < 4.78 is 26.8. The number of unbranched alkanes of at least 4 members (excludes halogenated alkanes) is 7. The molecule has 0 aliphatic carbocycles. The summed E-state index contributed by atoms with van der Waals surface area (Å²) in [6, 6.07) is 0. The molecule has 8 nitrogen and oxygen atoms in total. The van der Waals surface area contributed by atoms with Gasteiger partial charge in [0.15, 0.2) is 0 Å². The lowest BCUT2D eigenvalue weighted by molar-refractivity contribution is -0.870. The first kappa shape index (κ1) is 36.9. The van der Waals surface area contributed by atoms with Gasteiger partial charge in [0.2, 0.25) is 0 Å². The number of phosphoric acid groups is 1. The van der Waals surface area contributed by atoms with E-state index in [1.165, 1.54) is 57.1 Å². The summed E-state index contributed by atoms with van der Waals surface area (Å²) in [7, 11) is 1.47. The largest absolute Gasteiger partial charge is 0.472 e. The number of ether oxygens (including phenoxy) is 1. The summed E-state index contributed by atoms with van der Waals surface area (Å²) in [5, 5.41) is 9.80. The highest BCUT2D eigenvalue weighted by Gasteiger charge is 2.24. The van der Waals surface area contributed by atoms with Crippen LogP contribution in [0.2, 0.25) is 0 Å². The molecule has 0 spiro atoms. The van der Waals surface area contributed by atoms with Crippen LogP contribution < -0.4 is 0 Å². The van der Waals surface area contributed by atoms with Crippen molar-refractivity contribution in [3.8, 4) is 0 Å². The molecule has 0 fully saturated rings. The van der Waals surface area contributed by atoms with E-state index in [0.29, 0.717) is 11.0 Å². The number of aliphatic hydroxyl groups excluding tert-OH is 1. The summed E-state index contributed by atoms with van der Waals surface area (Å²) in [4.78, 5) is 21.3. The normalized spacial score (nSPS) is 15.5. The number of rotatable bonds is 23. The van der Waals surface area contributed by atoms with E-state index in [0.717, 1.165) is 6.42 Å². The van der Waals surface area contributed by atoms with Gasteiger partial charge in [0.25, 0.3) is 0 Å². The van der Waals surface area contributed by atoms with Gasteiger partial charge in [-0.05, 0) is 12.8 Å². The molecule has 2 atom stereocenters. The third-order valence-electron chi connectivity index (χ3n) is 5.21. The van der Waals surface area contributed by atoms with Gasteiger partial charge in [-0.25, -0.2) is 9.36 Å². The minimum Gasteiger partial charge on any atom is -0.460 e. The Balaban J connectivity index is 3.95. The predicted molar refractivity (Wildman–Crippen MR) is 159 cm³/mol. The Bertz CT molecular complexity index is 854. The fourth-order valence-electron chi connectivity index (χ4n) is 2.96. The van der Waals surface area contributed by atoms with Crippen molar-refractivity contribution in [1.82, 2.24) is 0 Å². The summed E-state index contributed by atoms with van der Waals surface area (Å²) in [6.45, 7) is 1.90. The van der Waals surface area contributed by atoms with Crippen LogP contribution in [0.1, 0.15) is 58.3 Å². The molecule has 39 heavy (non-hydrogen) atoms. The predicted octanol–water partition coefficient (Wildman–Crippen LogP) is 6.21. The molecule has 0 bridgehead atoms. The quantitative estimate of drug-likeness (QED) is 0.0377. The van der Waals surface area contributed by atoms with E-state index in [2.05, 4.69) is 19.1 Å². The van der Waals surface area contributed by atoms with Crippen LogP contribution in [0.5, 0.6) is 0 Å². The van der Waals surface area contributed by atoms with E-state index in [1.54, 1.807) is 12.2 Å². The average molecular weight is 569 g/mol. The van der Waals surface area contributed by atoms with E-state index >= 15 is 0 Å². The molecule has 0 aliphatic rings. The number of quaternary nitrogens is 1. The van der Waals surface area contributed by atoms with Crippen molar-refractivity contribution in [2.24, 2.45) is 0 Å². The molecular weight excluding hydrogens is 517 g/mol. The highest BCUT2D eigenvalue weighted by Crippen LogP contribution is 2.43. The second kappa shape index (κ2) is 23.8. The van der Waals surface area contributed by atoms with Crippen LogP contribution in [0, 0.1) is 0 Å². The van der Waals surface area contributed by atoms with E-state index in [9.17, 15) is 19.4 Å². The van der Waals surface area contributed by atoms with E-state index in [1.807, 2.05) is 57.6 Å². The van der Waals surface area contributed by atoms with Crippen LogP contribution in [0.15, 0.2) is 72.9 Å². The first-order chi connectivity index (χ1) is 18.6. The van der Waals surface area contributed by atoms with Gasteiger partial charge in [-0.15, -0.1) is 0 Å². The number of carbonyl (C=O) groups excluding carboxylic acids is 1. The van der Waals surface area contributed by atoms with Gasteiger partial charge in [-0.2, -0.15) is 0 Å². The molecule has 2 N–H and O–H groups in total. The number of nitrogens with zero attached hydrogens (tertiary/aromatic N) is 1. The number of hydrogen-bond acceptors (Lipinski definition) is 6. The fourth-order valence-corrected chi connectivity index (χ4v) is 3.71. The SMILES string of the molecule is CCCCCCCCC/C=C/C=C/C=C/C=C/C=C/C=C/C(=O)OCC(O)COP(=O)(O)OCC[N+](C)(C)C. The number of carbonyl (C=O) groups is 1. The maximum atomic E-state index is 11.8. The molecule has 0 rings (SSSR count). The minimum absolute atomic E-state index is 0.0280. The number of phosphoric ester groups is 1. The molecule has 9 heteroatoms. The van der Waals surface area contributed by atoms with Crippen molar-refractivity contribution in [2.75, 3.05) is 47.5 Å². The second-order valence-corrected chi connectivity index (χ2v) is 11.6. The van der Waals surface area contributed by atoms with Crippen molar-refractivity contribution in [1.29, 1.82) is 0 Å². The zero-order valence-corrected chi connectivity index (χ0v) is 25.2. The molecule has 0 aromatic carbocycles. The van der Waals surface area contributed by atoms with Crippen molar-refractivity contribution in [2.45, 2.75) is 64.4 Å². The van der Waals surface area contributed by atoms with Crippen molar-refractivity contribution in [3.05, 3.63) is 72.9 Å². The topological polar surface area (TPSA) is 102 Å². The van der Waals surface area contributed by atoms with E-state index in [4.69, 9.17) is 13.8 Å². The summed E-state index contributed by atoms with van der Waals surface area (Å²) >= 11 is 0. The number of hydrogen-bond donors (Lipinski definition) is 2. The van der Waals surface area contributed by atoms with Crippen molar-refractivity contribution >= 4 is 13.8 Å². The van der Waals surface area contributed by atoms with Crippen LogP contribution in [-0.2, 0) is 23.1 Å². The van der Waals surface area contributed by atoms with Gasteiger partial charge in [0.1, 0.15) is 25.9 Å². The van der Waals surface area contributed by atoms with Crippen LogP contribution in [0.3, 0.4) is 0 Å². The van der Waals surface area contributed by atoms with E-state index < -0.39 is 26.5 Å². The maximum Gasteiger partial charge on any atom is 0.472 e. The third kappa shape index (κ3) is 28.8. The molecule has 0 aromatic heterocycles. The number of esters is 1. The second-order valence-electron chi connectivity index (χ2n) is 10.1. The standard InChI is InChI=1S/C30H50NO7P/c1-5-6-7-8-9-10-11-12-13-14-15-16-17-18-19-20-21-22-23-24-30(33)36-27-29(32)28-38-39(34,35)37-26-25-31(2,3)4/h13-24,29,32H,5-12,25-28H2,1-4H3/p+1/b14-13+,16-15+,18-17+,20-19+,22-21+,24-23+. The zero-order valence-electron chi connectivity index (χ0n) is 24.3. The lowest BCUT2D eigenvalue weighted by atomic mass is 10.1. The van der Waals surface area contributed by atoms with Crippen LogP contribution in [-0.4, -0.2) is 74.1 Å². The first-order valence-electron chi connectivity index (χ1n) is 13.8. The fraction of sp³-hybridized carbons (Fsp3) is 0.567. The number of allylic oxidation sites excluding steroid dienone is 11. The highest BCUT2D eigenvalue weighted by atomic mass is 31.2. The summed E-state index contributed by atoms with van der Waals surface area (Å²) in [6.07, 6.45) is 31.2. The van der Waals surface area contributed by atoms with Crippen LogP contribution >= 0.6 is 7.82 Å². The smallest absolute Gasteiger partial charge is 0.460 e. The Morgan fingerprint density at radius 2 is 1.33 bits per heavy atom. The van der Waals surface area contributed by atoms with Gasteiger partial charge < -0.3 is 19.2 Å². The Morgan fingerprint density at radius 1 is 0.795 bits per heavy atom.